The fourth-order valence-corrected chi connectivity index (χ4v) is 3.32. The Bertz CT molecular complexity index is 896. The summed E-state index contributed by atoms with van der Waals surface area (Å²) >= 11 is 1.11. The van der Waals surface area contributed by atoms with Gasteiger partial charge in [-0.2, -0.15) is 0 Å². The number of benzene rings is 2. The normalized spacial score (nSPS) is 10.7. The molecule has 0 aliphatic rings. The van der Waals surface area contributed by atoms with Crippen LogP contribution in [0.5, 0.6) is 5.75 Å². The molecule has 2 aromatic carbocycles. The van der Waals surface area contributed by atoms with Crippen molar-refractivity contribution in [3.63, 3.8) is 0 Å². The fraction of sp³-hybridized carbons (Fsp3) is 0.250. The summed E-state index contributed by atoms with van der Waals surface area (Å²) in [7, 11) is 0. The van der Waals surface area contributed by atoms with Crippen molar-refractivity contribution >= 4 is 17.7 Å². The number of aryl methyl sites for hydroxylation is 2. The molecule has 6 nitrogen and oxygen atoms in total. The second kappa shape index (κ2) is 9.23. The number of rotatable bonds is 9. The lowest BCUT2D eigenvalue weighted by Crippen LogP contribution is -2.24. The minimum Gasteiger partial charge on any atom is -0.549 e. The van der Waals surface area contributed by atoms with Crippen LogP contribution in [0.15, 0.2) is 59.8 Å². The number of carboxylic acids is 1. The van der Waals surface area contributed by atoms with Crippen molar-refractivity contribution in [3.8, 4) is 5.75 Å². The van der Waals surface area contributed by atoms with Crippen LogP contribution in [0.1, 0.15) is 17.0 Å². The predicted octanol–water partition coefficient (Wildman–Crippen LogP) is 2.25. The molecule has 0 N–H and O–H groups in total. The van der Waals surface area contributed by atoms with Crippen LogP contribution in [-0.4, -0.2) is 26.5 Å². The number of ether oxygens (including phenoxy) is 1. The van der Waals surface area contributed by atoms with E-state index in [0.717, 1.165) is 29.5 Å². The van der Waals surface area contributed by atoms with Crippen molar-refractivity contribution in [3.05, 3.63) is 71.5 Å². The highest BCUT2D eigenvalue weighted by Gasteiger charge is 2.14. The Morgan fingerprint density at radius 1 is 1.11 bits per heavy atom. The first-order valence-corrected chi connectivity index (χ1v) is 9.59. The first kappa shape index (κ1) is 19.0. The van der Waals surface area contributed by atoms with E-state index in [1.807, 2.05) is 54.0 Å². The highest BCUT2D eigenvalue weighted by Crippen LogP contribution is 2.21. The van der Waals surface area contributed by atoms with Crippen LogP contribution >= 0.6 is 11.8 Å². The lowest BCUT2D eigenvalue weighted by atomic mass is 10.1. The van der Waals surface area contributed by atoms with Gasteiger partial charge < -0.3 is 19.2 Å². The van der Waals surface area contributed by atoms with Crippen LogP contribution in [0.3, 0.4) is 0 Å². The largest absolute Gasteiger partial charge is 0.549 e. The van der Waals surface area contributed by atoms with Gasteiger partial charge in [0.2, 0.25) is 0 Å². The number of carbonyl (C=O) groups is 1. The third kappa shape index (κ3) is 5.34. The Balaban J connectivity index is 1.75. The monoisotopic (exact) mass is 382 g/mol. The number of aromatic nitrogens is 3. The molecule has 0 unspecified atom stereocenters. The average molecular weight is 382 g/mol. The highest BCUT2D eigenvalue weighted by atomic mass is 32.2. The van der Waals surface area contributed by atoms with Crippen molar-refractivity contribution in [1.82, 2.24) is 14.8 Å². The van der Waals surface area contributed by atoms with E-state index >= 15 is 0 Å². The molecule has 0 bridgehead atoms. The van der Waals surface area contributed by atoms with E-state index in [9.17, 15) is 9.90 Å². The molecule has 0 amide bonds. The summed E-state index contributed by atoms with van der Waals surface area (Å²) in [4.78, 5) is 10.8. The van der Waals surface area contributed by atoms with Gasteiger partial charge in [-0.05, 0) is 30.5 Å². The van der Waals surface area contributed by atoms with E-state index in [-0.39, 0.29) is 12.4 Å². The van der Waals surface area contributed by atoms with Crippen LogP contribution < -0.4 is 9.84 Å². The summed E-state index contributed by atoms with van der Waals surface area (Å²) in [5.74, 6) is 0.159. The van der Waals surface area contributed by atoms with Gasteiger partial charge >= 0.3 is 0 Å². The van der Waals surface area contributed by atoms with Crippen molar-refractivity contribution in [1.29, 1.82) is 0 Å². The van der Waals surface area contributed by atoms with Gasteiger partial charge in [0, 0.05) is 12.3 Å². The molecule has 0 saturated carbocycles. The first-order valence-electron chi connectivity index (χ1n) is 8.60. The Labute approximate surface area is 162 Å². The van der Waals surface area contributed by atoms with E-state index in [4.69, 9.17) is 4.74 Å². The lowest BCUT2D eigenvalue weighted by molar-refractivity contribution is -0.301. The number of hydrogen-bond acceptors (Lipinski definition) is 6. The first-order chi connectivity index (χ1) is 13.1. The molecule has 0 aliphatic carbocycles. The molecule has 3 aromatic rings. The average Bonchev–Trinajstić information content (AvgIpc) is 3.06. The molecule has 0 atom stereocenters. The summed E-state index contributed by atoms with van der Waals surface area (Å²) in [6, 6.07) is 17.9. The molecule has 140 valence electrons. The molecule has 7 heteroatoms. The van der Waals surface area contributed by atoms with Gasteiger partial charge in [0.1, 0.15) is 12.4 Å². The minimum absolute atomic E-state index is 0.165. The van der Waals surface area contributed by atoms with Gasteiger partial charge in [0.15, 0.2) is 11.0 Å². The lowest BCUT2D eigenvalue weighted by Gasteiger charge is -2.12. The van der Waals surface area contributed by atoms with Gasteiger partial charge in [-0.25, -0.2) is 0 Å². The number of para-hydroxylation sites is 1. The minimum atomic E-state index is -1.13. The summed E-state index contributed by atoms with van der Waals surface area (Å²) in [6.07, 6.45) is 0.787. The molecule has 1 aromatic heterocycles. The molecule has 0 spiro atoms. The van der Waals surface area contributed by atoms with E-state index < -0.39 is 5.97 Å². The Morgan fingerprint density at radius 3 is 2.59 bits per heavy atom. The standard InChI is InChI=1S/C20H21N3O3S/c1-15-7-5-6-10-17(15)26-13-18-21-22-20(27-14-19(24)25)23(18)12-11-16-8-3-2-4-9-16/h2-10H,11-14H2,1H3,(H,24,25)/p-1. The van der Waals surface area contributed by atoms with Gasteiger partial charge in [0.05, 0.1) is 5.97 Å². The second-order valence-corrected chi connectivity index (χ2v) is 6.94. The van der Waals surface area contributed by atoms with Crippen LogP contribution in [0.2, 0.25) is 0 Å². The van der Waals surface area contributed by atoms with Crippen molar-refractivity contribution < 1.29 is 14.6 Å². The molecular formula is C20H20N3O3S-. The third-order valence-electron chi connectivity index (χ3n) is 4.03. The van der Waals surface area contributed by atoms with Gasteiger partial charge in [-0.15, -0.1) is 10.2 Å². The van der Waals surface area contributed by atoms with E-state index in [2.05, 4.69) is 22.3 Å². The second-order valence-electron chi connectivity index (χ2n) is 6.00. The SMILES string of the molecule is Cc1ccccc1OCc1nnc(SCC(=O)[O-])n1CCc1ccccc1. The van der Waals surface area contributed by atoms with Gasteiger partial charge in [-0.1, -0.05) is 60.3 Å². The van der Waals surface area contributed by atoms with Crippen molar-refractivity contribution in [2.75, 3.05) is 5.75 Å². The predicted molar refractivity (Wildman–Crippen MR) is 101 cm³/mol. The zero-order valence-corrected chi connectivity index (χ0v) is 15.8. The highest BCUT2D eigenvalue weighted by molar-refractivity contribution is 7.99. The molecule has 0 aliphatic heterocycles. The van der Waals surface area contributed by atoms with Crippen LogP contribution in [0.25, 0.3) is 0 Å². The third-order valence-corrected chi connectivity index (χ3v) is 4.97. The number of thioether (sulfide) groups is 1. The van der Waals surface area contributed by atoms with Gasteiger partial charge in [0.25, 0.3) is 0 Å². The zero-order valence-electron chi connectivity index (χ0n) is 15.0. The fourth-order valence-electron chi connectivity index (χ4n) is 2.63. The number of hydrogen-bond donors (Lipinski definition) is 0. The van der Waals surface area contributed by atoms with Crippen LogP contribution in [0.4, 0.5) is 0 Å². The molecule has 0 saturated heterocycles. The molecule has 27 heavy (non-hydrogen) atoms. The van der Waals surface area contributed by atoms with Crippen molar-refractivity contribution in [2.24, 2.45) is 0 Å². The summed E-state index contributed by atoms with van der Waals surface area (Å²) in [6.45, 7) is 2.88. The van der Waals surface area contributed by atoms with Crippen LogP contribution in [-0.2, 0) is 24.4 Å². The Hall–Kier alpha value is -2.80. The van der Waals surface area contributed by atoms with Crippen LogP contribution in [0, 0.1) is 6.92 Å². The molecule has 0 radical (unpaired) electrons. The summed E-state index contributed by atoms with van der Waals surface area (Å²) < 4.78 is 7.81. The number of nitrogens with zero attached hydrogens (tertiary/aromatic N) is 3. The maximum Gasteiger partial charge on any atom is 0.191 e. The number of aliphatic carboxylic acids is 1. The number of carbonyl (C=O) groups excluding carboxylic acids is 1. The van der Waals surface area contributed by atoms with E-state index in [0.29, 0.717) is 17.5 Å². The van der Waals surface area contributed by atoms with E-state index in [1.165, 1.54) is 5.56 Å². The molecule has 1 heterocycles. The van der Waals surface area contributed by atoms with Crippen molar-refractivity contribution in [2.45, 2.75) is 31.7 Å². The molecule has 0 fully saturated rings. The summed E-state index contributed by atoms with van der Waals surface area (Å²) in [5, 5.41) is 19.7. The maximum absolute atomic E-state index is 10.8. The maximum atomic E-state index is 10.8. The summed E-state index contributed by atoms with van der Waals surface area (Å²) in [5.41, 5.74) is 2.23. The number of carboxylic acid groups (broad SMARTS) is 1. The molecular weight excluding hydrogens is 362 g/mol. The Kier molecular flexibility index (Phi) is 6.49. The zero-order chi connectivity index (χ0) is 19.1. The molecule has 3 rings (SSSR count). The van der Waals surface area contributed by atoms with Gasteiger partial charge in [-0.3, -0.25) is 0 Å². The quantitative estimate of drug-likeness (QED) is 0.528. The van der Waals surface area contributed by atoms with E-state index in [1.54, 1.807) is 0 Å². The smallest absolute Gasteiger partial charge is 0.191 e. The topological polar surface area (TPSA) is 80.1 Å². The Morgan fingerprint density at radius 2 is 1.85 bits per heavy atom.